The maximum Gasteiger partial charge on any atom is 0.255 e. The van der Waals surface area contributed by atoms with E-state index in [9.17, 15) is 4.79 Å². The molecule has 0 radical (unpaired) electrons. The maximum absolute atomic E-state index is 13.3. The average molecular weight is 499 g/mol. The van der Waals surface area contributed by atoms with Gasteiger partial charge in [-0.2, -0.15) is 4.98 Å². The fraction of sp³-hybridized carbons (Fsp3) is 0.207. The molecule has 0 bridgehead atoms. The van der Waals surface area contributed by atoms with Crippen LogP contribution in [0.15, 0.2) is 78.9 Å². The van der Waals surface area contributed by atoms with E-state index in [4.69, 9.17) is 26.3 Å². The molecule has 1 aliphatic rings. The third-order valence-electron chi connectivity index (χ3n) is 6.21. The van der Waals surface area contributed by atoms with Crippen molar-refractivity contribution < 1.29 is 9.53 Å². The highest BCUT2D eigenvalue weighted by molar-refractivity contribution is 6.33. The van der Waals surface area contributed by atoms with Gasteiger partial charge in [0.25, 0.3) is 5.91 Å². The molecule has 0 unspecified atom stereocenters. The van der Waals surface area contributed by atoms with Crippen molar-refractivity contribution in [2.75, 3.05) is 18.5 Å². The van der Waals surface area contributed by atoms with Gasteiger partial charge < -0.3 is 14.5 Å². The van der Waals surface area contributed by atoms with Gasteiger partial charge in [0, 0.05) is 26.6 Å². The number of aryl methyl sites for hydroxylation is 1. The lowest BCUT2D eigenvalue weighted by Gasteiger charge is -2.30. The summed E-state index contributed by atoms with van der Waals surface area (Å²) in [4.78, 5) is 26.8. The molecule has 1 amide bonds. The van der Waals surface area contributed by atoms with Crippen LogP contribution in [0.3, 0.4) is 0 Å². The average Bonchev–Trinajstić information content (AvgIpc) is 2.89. The van der Waals surface area contributed by atoms with Crippen LogP contribution in [0.1, 0.15) is 32.7 Å². The van der Waals surface area contributed by atoms with E-state index >= 15 is 0 Å². The molecule has 182 valence electrons. The summed E-state index contributed by atoms with van der Waals surface area (Å²) in [6, 6.07) is 25.2. The Bertz CT molecular complexity index is 1390. The molecule has 1 aliphatic heterocycles. The predicted molar refractivity (Wildman–Crippen MR) is 142 cm³/mol. The van der Waals surface area contributed by atoms with E-state index in [1.165, 1.54) is 5.56 Å². The Labute approximate surface area is 216 Å². The minimum absolute atomic E-state index is 0.113. The summed E-state index contributed by atoms with van der Waals surface area (Å²) in [5.41, 5.74) is 4.46. The number of fused-ring (bicyclic) bond motifs is 1. The lowest BCUT2D eigenvalue weighted by molar-refractivity contribution is 0.0732. The van der Waals surface area contributed by atoms with Crippen LogP contribution < -0.4 is 9.64 Å². The largest absolute Gasteiger partial charge is 0.438 e. The molecule has 0 fully saturated rings. The number of carbonyl (C=O) groups excluding carboxylic acids is 1. The molecule has 0 aliphatic carbocycles. The molecule has 0 saturated heterocycles. The van der Waals surface area contributed by atoms with Crippen LogP contribution in [-0.2, 0) is 19.5 Å². The van der Waals surface area contributed by atoms with Crippen molar-refractivity contribution in [3.63, 3.8) is 0 Å². The second kappa shape index (κ2) is 10.4. The van der Waals surface area contributed by atoms with Gasteiger partial charge in [-0.25, -0.2) is 4.98 Å². The molecular formula is C29H27ClN4O2. The Morgan fingerprint density at radius 3 is 2.58 bits per heavy atom. The highest BCUT2D eigenvalue weighted by Crippen LogP contribution is 2.32. The van der Waals surface area contributed by atoms with Crippen molar-refractivity contribution >= 4 is 23.5 Å². The van der Waals surface area contributed by atoms with Gasteiger partial charge in [0.2, 0.25) is 11.8 Å². The minimum atomic E-state index is -0.113. The van der Waals surface area contributed by atoms with Crippen LogP contribution in [-0.4, -0.2) is 34.4 Å². The molecule has 1 aromatic heterocycles. The molecule has 6 nitrogen and oxygen atoms in total. The third kappa shape index (κ3) is 5.19. The molecule has 7 heteroatoms. The summed E-state index contributed by atoms with van der Waals surface area (Å²) < 4.78 is 6.31. The first-order chi connectivity index (χ1) is 17.5. The molecular weight excluding hydrogens is 472 g/mol. The van der Waals surface area contributed by atoms with Gasteiger partial charge in [0.1, 0.15) is 5.75 Å². The zero-order valence-corrected chi connectivity index (χ0v) is 21.1. The minimum Gasteiger partial charge on any atom is -0.438 e. The summed E-state index contributed by atoms with van der Waals surface area (Å²) in [5.74, 6) is 1.64. The topological polar surface area (TPSA) is 58.6 Å². The van der Waals surface area contributed by atoms with E-state index in [-0.39, 0.29) is 5.91 Å². The Kier molecular flexibility index (Phi) is 6.87. The first-order valence-electron chi connectivity index (χ1n) is 11.9. The summed E-state index contributed by atoms with van der Waals surface area (Å²) in [6.45, 7) is 3.58. The standard InChI is InChI=1S/C29H27ClN4O2/c1-20-9-8-12-22(17-20)36-27-24-19-34(28(35)23-13-6-7-14-25(23)30)16-15-26(24)31-29(32-27)33(2)18-21-10-4-3-5-11-21/h3-14,17H,15-16,18-19H2,1-2H3. The zero-order chi connectivity index (χ0) is 25.1. The van der Waals surface area contributed by atoms with Gasteiger partial charge in [-0.3, -0.25) is 4.79 Å². The van der Waals surface area contributed by atoms with Crippen molar-refractivity contribution in [2.24, 2.45) is 0 Å². The monoisotopic (exact) mass is 498 g/mol. The van der Waals surface area contributed by atoms with Gasteiger partial charge in [0.05, 0.1) is 28.4 Å². The van der Waals surface area contributed by atoms with Gasteiger partial charge in [0.15, 0.2) is 0 Å². The Balaban J connectivity index is 1.49. The van der Waals surface area contributed by atoms with Crippen LogP contribution in [0.25, 0.3) is 0 Å². The van der Waals surface area contributed by atoms with Crippen molar-refractivity contribution in [3.8, 4) is 11.6 Å². The Morgan fingerprint density at radius 2 is 1.81 bits per heavy atom. The zero-order valence-electron chi connectivity index (χ0n) is 20.3. The number of hydrogen-bond acceptors (Lipinski definition) is 5. The van der Waals surface area contributed by atoms with Crippen LogP contribution >= 0.6 is 11.6 Å². The van der Waals surface area contributed by atoms with E-state index in [2.05, 4.69) is 12.1 Å². The van der Waals surface area contributed by atoms with E-state index < -0.39 is 0 Å². The maximum atomic E-state index is 13.3. The normalized spacial score (nSPS) is 12.7. The Morgan fingerprint density at radius 1 is 1.03 bits per heavy atom. The second-order valence-corrected chi connectivity index (χ2v) is 9.38. The van der Waals surface area contributed by atoms with Gasteiger partial charge in [-0.1, -0.05) is 66.2 Å². The molecule has 0 spiro atoms. The van der Waals surface area contributed by atoms with Crippen LogP contribution in [0.4, 0.5) is 5.95 Å². The van der Waals surface area contributed by atoms with Crippen LogP contribution in [0.2, 0.25) is 5.02 Å². The number of halogens is 1. The van der Waals surface area contributed by atoms with Gasteiger partial charge in [-0.05, 0) is 42.3 Å². The van der Waals surface area contributed by atoms with Crippen molar-refractivity contribution in [2.45, 2.75) is 26.4 Å². The SMILES string of the molecule is Cc1cccc(Oc2nc(N(C)Cc3ccccc3)nc3c2CN(C(=O)c2ccccc2Cl)CC3)c1. The van der Waals surface area contributed by atoms with E-state index in [1.807, 2.05) is 73.5 Å². The molecule has 36 heavy (non-hydrogen) atoms. The summed E-state index contributed by atoms with van der Waals surface area (Å²) in [7, 11) is 1.97. The van der Waals surface area contributed by atoms with Crippen molar-refractivity contribution in [3.05, 3.63) is 112 Å². The summed E-state index contributed by atoms with van der Waals surface area (Å²) >= 11 is 6.31. The van der Waals surface area contributed by atoms with Crippen molar-refractivity contribution in [1.82, 2.24) is 14.9 Å². The van der Waals surface area contributed by atoms with E-state index in [0.29, 0.717) is 54.2 Å². The predicted octanol–water partition coefficient (Wildman–Crippen LogP) is 6.07. The van der Waals surface area contributed by atoms with Gasteiger partial charge in [-0.15, -0.1) is 0 Å². The first kappa shape index (κ1) is 23.8. The molecule has 0 N–H and O–H groups in total. The number of aromatic nitrogens is 2. The fourth-order valence-corrected chi connectivity index (χ4v) is 4.54. The number of anilines is 1. The van der Waals surface area contributed by atoms with Crippen molar-refractivity contribution in [1.29, 1.82) is 0 Å². The second-order valence-electron chi connectivity index (χ2n) is 8.97. The number of benzene rings is 3. The summed E-state index contributed by atoms with van der Waals surface area (Å²) in [6.07, 6.45) is 0.602. The van der Waals surface area contributed by atoms with E-state index in [1.54, 1.807) is 17.0 Å². The molecule has 4 aromatic rings. The number of carbonyl (C=O) groups is 1. The lowest BCUT2D eigenvalue weighted by Crippen LogP contribution is -2.37. The van der Waals surface area contributed by atoms with E-state index in [0.717, 1.165) is 16.8 Å². The Hall–Kier alpha value is -3.90. The molecule has 2 heterocycles. The van der Waals surface area contributed by atoms with Crippen LogP contribution in [0, 0.1) is 6.92 Å². The molecule has 3 aromatic carbocycles. The number of amides is 1. The quantitative estimate of drug-likeness (QED) is 0.323. The molecule has 5 rings (SSSR count). The highest BCUT2D eigenvalue weighted by atomic mass is 35.5. The fourth-order valence-electron chi connectivity index (χ4n) is 4.32. The summed E-state index contributed by atoms with van der Waals surface area (Å²) in [5, 5.41) is 0.443. The first-order valence-corrected chi connectivity index (χ1v) is 12.3. The number of ether oxygens (including phenoxy) is 1. The van der Waals surface area contributed by atoms with Gasteiger partial charge >= 0.3 is 0 Å². The highest BCUT2D eigenvalue weighted by Gasteiger charge is 2.28. The lowest BCUT2D eigenvalue weighted by atomic mass is 10.0. The number of rotatable bonds is 6. The smallest absolute Gasteiger partial charge is 0.255 e. The number of nitrogens with zero attached hydrogens (tertiary/aromatic N) is 4. The van der Waals surface area contributed by atoms with Crippen LogP contribution in [0.5, 0.6) is 11.6 Å². The number of hydrogen-bond donors (Lipinski definition) is 0. The molecule has 0 atom stereocenters. The molecule has 0 saturated carbocycles. The third-order valence-corrected chi connectivity index (χ3v) is 6.54.